The molecule has 110 valence electrons. The van der Waals surface area contributed by atoms with E-state index in [2.05, 4.69) is 70.9 Å². The van der Waals surface area contributed by atoms with E-state index in [1.165, 1.54) is 41.6 Å². The number of anilines is 1. The average molecular weight is 384 g/mol. The molecular weight excluding hydrogens is 359 g/mol. The van der Waals surface area contributed by atoms with Gasteiger partial charge in [-0.2, -0.15) is 0 Å². The van der Waals surface area contributed by atoms with Gasteiger partial charge in [-0.15, -0.1) is 0 Å². The Hall–Kier alpha value is -0.290. The molecule has 1 aromatic carbocycles. The van der Waals surface area contributed by atoms with Crippen molar-refractivity contribution in [3.8, 4) is 0 Å². The third kappa shape index (κ3) is 3.14. The first-order chi connectivity index (χ1) is 9.63. The Kier molecular flexibility index (Phi) is 4.55. The van der Waals surface area contributed by atoms with Crippen LogP contribution in [0.3, 0.4) is 0 Å². The van der Waals surface area contributed by atoms with Crippen molar-refractivity contribution in [1.29, 1.82) is 0 Å². The van der Waals surface area contributed by atoms with E-state index in [-0.39, 0.29) is 0 Å². The minimum atomic E-state index is 0.678. The molecule has 0 amide bonds. The van der Waals surface area contributed by atoms with Crippen LogP contribution in [0.2, 0.25) is 0 Å². The first-order valence-electron chi connectivity index (χ1n) is 7.89. The van der Waals surface area contributed by atoms with Gasteiger partial charge < -0.3 is 10.2 Å². The molecular formula is C17H25IN2. The molecule has 2 fully saturated rings. The summed E-state index contributed by atoms with van der Waals surface area (Å²) in [7, 11) is 0. The first kappa shape index (κ1) is 14.6. The van der Waals surface area contributed by atoms with E-state index in [9.17, 15) is 0 Å². The highest BCUT2D eigenvalue weighted by Gasteiger charge is 2.39. The van der Waals surface area contributed by atoms with Crippen molar-refractivity contribution in [1.82, 2.24) is 4.90 Å². The number of fused-ring (bicyclic) bond motifs is 2. The fraction of sp³-hybridized carbons (Fsp3) is 0.647. The maximum Gasteiger partial charge on any atom is 0.0353 e. The third-order valence-electron chi connectivity index (χ3n) is 4.99. The van der Waals surface area contributed by atoms with Gasteiger partial charge in [-0.3, -0.25) is 0 Å². The summed E-state index contributed by atoms with van der Waals surface area (Å²) in [6.45, 7) is 7.22. The summed E-state index contributed by atoms with van der Waals surface area (Å²) in [4.78, 5) is 2.68. The minimum absolute atomic E-state index is 0.678. The van der Waals surface area contributed by atoms with Crippen molar-refractivity contribution in [2.45, 2.75) is 45.2 Å². The lowest BCUT2D eigenvalue weighted by Gasteiger charge is -2.49. The number of piperidine rings is 1. The van der Waals surface area contributed by atoms with E-state index in [1.807, 2.05) is 0 Å². The Morgan fingerprint density at radius 1 is 1.20 bits per heavy atom. The third-order valence-corrected chi connectivity index (χ3v) is 5.66. The number of rotatable bonds is 3. The summed E-state index contributed by atoms with van der Waals surface area (Å²) in [5.41, 5.74) is 1.30. The minimum Gasteiger partial charge on any atom is -0.382 e. The molecule has 2 bridgehead atoms. The highest BCUT2D eigenvalue weighted by atomic mass is 127. The van der Waals surface area contributed by atoms with Gasteiger partial charge in [0.15, 0.2) is 0 Å². The van der Waals surface area contributed by atoms with Crippen molar-refractivity contribution >= 4 is 28.3 Å². The standard InChI is InChI=1S/C17H25IN2/c1-12(2)20-10-13-5-3-6-14(11-20)17(13)19-16-8-4-7-15(18)9-16/h4,7-9,12-14,17,19H,3,5-6,10-11H2,1-2H3. The molecule has 3 heteroatoms. The fourth-order valence-corrected chi connectivity index (χ4v) is 4.44. The van der Waals surface area contributed by atoms with Gasteiger partial charge in [0.2, 0.25) is 0 Å². The topological polar surface area (TPSA) is 15.3 Å². The summed E-state index contributed by atoms with van der Waals surface area (Å²) in [6, 6.07) is 10.2. The largest absolute Gasteiger partial charge is 0.382 e. The normalized spacial score (nSPS) is 30.5. The summed E-state index contributed by atoms with van der Waals surface area (Å²) in [5, 5.41) is 3.85. The molecule has 2 nitrogen and oxygen atoms in total. The Morgan fingerprint density at radius 3 is 2.50 bits per heavy atom. The first-order valence-corrected chi connectivity index (χ1v) is 8.97. The maximum absolute atomic E-state index is 3.85. The monoisotopic (exact) mass is 384 g/mol. The quantitative estimate of drug-likeness (QED) is 0.786. The van der Waals surface area contributed by atoms with E-state index >= 15 is 0 Å². The van der Waals surface area contributed by atoms with Crippen LogP contribution in [0.15, 0.2) is 24.3 Å². The molecule has 20 heavy (non-hydrogen) atoms. The van der Waals surface area contributed by atoms with E-state index in [1.54, 1.807) is 0 Å². The smallest absolute Gasteiger partial charge is 0.0353 e. The Labute approximate surface area is 136 Å². The van der Waals surface area contributed by atoms with Crippen LogP contribution < -0.4 is 5.32 Å². The molecule has 1 heterocycles. The van der Waals surface area contributed by atoms with E-state index in [0.717, 1.165) is 11.8 Å². The Morgan fingerprint density at radius 2 is 1.90 bits per heavy atom. The molecule has 0 aromatic heterocycles. The lowest BCUT2D eigenvalue weighted by atomic mass is 9.73. The van der Waals surface area contributed by atoms with E-state index < -0.39 is 0 Å². The number of hydrogen-bond donors (Lipinski definition) is 1. The van der Waals surface area contributed by atoms with Gasteiger partial charge in [-0.1, -0.05) is 12.5 Å². The number of nitrogens with one attached hydrogen (secondary N) is 1. The van der Waals surface area contributed by atoms with Crippen molar-refractivity contribution in [2.24, 2.45) is 11.8 Å². The molecule has 1 aromatic rings. The zero-order valence-corrected chi connectivity index (χ0v) is 14.6. The summed E-state index contributed by atoms with van der Waals surface area (Å²) in [6.07, 6.45) is 4.20. The van der Waals surface area contributed by atoms with Crippen molar-refractivity contribution in [3.05, 3.63) is 27.8 Å². The zero-order chi connectivity index (χ0) is 14.1. The van der Waals surface area contributed by atoms with Crippen LogP contribution in [0.5, 0.6) is 0 Å². The molecule has 2 atom stereocenters. The second-order valence-electron chi connectivity index (χ2n) is 6.68. The van der Waals surface area contributed by atoms with Gasteiger partial charge in [0.05, 0.1) is 0 Å². The molecule has 0 spiro atoms. The summed E-state index contributed by atoms with van der Waals surface area (Å²) < 4.78 is 1.32. The number of nitrogens with zero attached hydrogens (tertiary/aromatic N) is 1. The molecule has 2 unspecified atom stereocenters. The molecule has 1 aliphatic carbocycles. The fourth-order valence-electron chi connectivity index (χ4n) is 3.90. The number of likely N-dealkylation sites (tertiary alicyclic amines) is 1. The second-order valence-corrected chi connectivity index (χ2v) is 7.92. The molecule has 3 rings (SSSR count). The van der Waals surface area contributed by atoms with Gasteiger partial charge in [-0.05, 0) is 79.3 Å². The van der Waals surface area contributed by atoms with Crippen molar-refractivity contribution in [2.75, 3.05) is 18.4 Å². The molecule has 0 radical (unpaired) electrons. The van der Waals surface area contributed by atoms with Gasteiger partial charge in [0, 0.05) is 34.4 Å². The van der Waals surface area contributed by atoms with Crippen molar-refractivity contribution < 1.29 is 0 Å². The molecule has 1 saturated carbocycles. The molecule has 1 saturated heterocycles. The predicted molar refractivity (Wildman–Crippen MR) is 94.1 cm³/mol. The van der Waals surface area contributed by atoms with E-state index in [0.29, 0.717) is 12.1 Å². The highest BCUT2D eigenvalue weighted by Crippen LogP contribution is 2.37. The summed E-state index contributed by atoms with van der Waals surface area (Å²) >= 11 is 2.40. The van der Waals surface area contributed by atoms with Crippen LogP contribution in [-0.4, -0.2) is 30.1 Å². The van der Waals surface area contributed by atoms with Gasteiger partial charge in [0.25, 0.3) is 0 Å². The van der Waals surface area contributed by atoms with Gasteiger partial charge >= 0.3 is 0 Å². The molecule has 1 aliphatic heterocycles. The Bertz CT molecular complexity index is 446. The maximum atomic E-state index is 3.85. The van der Waals surface area contributed by atoms with Crippen LogP contribution in [-0.2, 0) is 0 Å². The summed E-state index contributed by atoms with van der Waals surface area (Å²) in [5.74, 6) is 1.64. The number of halogens is 1. The highest BCUT2D eigenvalue weighted by molar-refractivity contribution is 14.1. The van der Waals surface area contributed by atoms with Crippen LogP contribution in [0.4, 0.5) is 5.69 Å². The van der Waals surface area contributed by atoms with Crippen LogP contribution in [0.1, 0.15) is 33.1 Å². The second kappa shape index (κ2) is 6.22. The lowest BCUT2D eigenvalue weighted by Crippen LogP contribution is -2.56. The SMILES string of the molecule is CC(C)N1CC2CCCC(C1)C2Nc1cccc(I)c1. The lowest BCUT2D eigenvalue weighted by molar-refractivity contribution is 0.0518. The zero-order valence-electron chi connectivity index (χ0n) is 12.5. The van der Waals surface area contributed by atoms with Crippen LogP contribution in [0.25, 0.3) is 0 Å². The predicted octanol–water partition coefficient (Wildman–Crippen LogP) is 4.21. The van der Waals surface area contributed by atoms with Crippen molar-refractivity contribution in [3.63, 3.8) is 0 Å². The number of benzene rings is 1. The average Bonchev–Trinajstić information content (AvgIpc) is 2.38. The van der Waals surface area contributed by atoms with E-state index in [4.69, 9.17) is 0 Å². The van der Waals surface area contributed by atoms with Gasteiger partial charge in [0.1, 0.15) is 0 Å². The Balaban J connectivity index is 1.73. The van der Waals surface area contributed by atoms with Crippen LogP contribution in [0, 0.1) is 15.4 Å². The number of hydrogen-bond acceptors (Lipinski definition) is 2. The molecule has 1 N–H and O–H groups in total. The van der Waals surface area contributed by atoms with Gasteiger partial charge in [-0.25, -0.2) is 0 Å². The molecule has 2 aliphatic rings. The van der Waals surface area contributed by atoms with Crippen LogP contribution >= 0.6 is 22.6 Å².